The molecule has 0 fully saturated rings. The van der Waals surface area contributed by atoms with Gasteiger partial charge in [-0.25, -0.2) is 0 Å². The number of Topliss-reactive ketones (excluding diaryl/α,β-unsaturated/α-hetero) is 1. The number of nitrogens with zero attached hydrogens (tertiary/aromatic N) is 3. The molecule has 1 aromatic rings. The van der Waals surface area contributed by atoms with Crippen molar-refractivity contribution in [3.63, 3.8) is 0 Å². The van der Waals surface area contributed by atoms with E-state index in [1.54, 1.807) is 37.3 Å². The molecule has 0 saturated carbocycles. The maximum Gasteiger partial charge on any atom is 0.318 e. The van der Waals surface area contributed by atoms with Gasteiger partial charge in [0.15, 0.2) is 0 Å². The number of carbonyl (C=O) groups is 2. The Labute approximate surface area is 110 Å². The Hall–Kier alpha value is -2.59. The maximum atomic E-state index is 11.3. The largest absolute Gasteiger partial charge is 0.431 e. The Bertz CT molecular complexity index is 555. The molecule has 0 aliphatic carbocycles. The molecule has 0 heterocycles. The van der Waals surface area contributed by atoms with Crippen molar-refractivity contribution < 1.29 is 14.3 Å². The van der Waals surface area contributed by atoms with E-state index >= 15 is 0 Å². The first-order chi connectivity index (χ1) is 9.01. The summed E-state index contributed by atoms with van der Waals surface area (Å²) in [7, 11) is 0. The van der Waals surface area contributed by atoms with E-state index in [2.05, 4.69) is 10.0 Å². The second-order valence-electron chi connectivity index (χ2n) is 3.89. The van der Waals surface area contributed by atoms with Crippen LogP contribution in [0.3, 0.4) is 0 Å². The van der Waals surface area contributed by atoms with Crippen LogP contribution in [-0.2, 0) is 14.3 Å². The van der Waals surface area contributed by atoms with E-state index in [9.17, 15) is 9.59 Å². The SMILES string of the molecule is CC(=O)CC(=O)O/C(C)=C/c1ccc(N=[N+]=[N-])cc1. The Kier molecular flexibility index (Phi) is 5.32. The number of hydrogen-bond acceptors (Lipinski definition) is 4. The number of ether oxygens (including phenoxy) is 1. The van der Waals surface area contributed by atoms with Gasteiger partial charge >= 0.3 is 5.97 Å². The normalized spacial score (nSPS) is 10.5. The number of esters is 1. The second kappa shape index (κ2) is 6.98. The van der Waals surface area contributed by atoms with Crippen LogP contribution in [0, 0.1) is 0 Å². The van der Waals surface area contributed by atoms with Crippen molar-refractivity contribution in [1.29, 1.82) is 0 Å². The fourth-order valence-corrected chi connectivity index (χ4v) is 1.37. The zero-order valence-electron chi connectivity index (χ0n) is 10.7. The first-order valence-corrected chi connectivity index (χ1v) is 5.55. The Morgan fingerprint density at radius 3 is 2.47 bits per heavy atom. The lowest BCUT2D eigenvalue weighted by molar-refractivity contribution is -0.141. The van der Waals surface area contributed by atoms with Crippen LogP contribution >= 0.6 is 0 Å². The highest BCUT2D eigenvalue weighted by Gasteiger charge is 2.07. The van der Waals surface area contributed by atoms with Gasteiger partial charge in [-0.15, -0.1) is 0 Å². The molecule has 0 bridgehead atoms. The second-order valence-corrected chi connectivity index (χ2v) is 3.89. The predicted molar refractivity (Wildman–Crippen MR) is 70.3 cm³/mol. The van der Waals surface area contributed by atoms with E-state index in [0.717, 1.165) is 5.56 Å². The Morgan fingerprint density at radius 1 is 1.32 bits per heavy atom. The zero-order chi connectivity index (χ0) is 14.3. The average molecular weight is 259 g/mol. The van der Waals surface area contributed by atoms with Gasteiger partial charge in [0.1, 0.15) is 18.0 Å². The van der Waals surface area contributed by atoms with Crippen LogP contribution in [0.2, 0.25) is 0 Å². The van der Waals surface area contributed by atoms with E-state index in [4.69, 9.17) is 10.3 Å². The quantitative estimate of drug-likeness (QED) is 0.202. The van der Waals surface area contributed by atoms with Crippen molar-refractivity contribution in [2.24, 2.45) is 5.11 Å². The maximum absolute atomic E-state index is 11.3. The van der Waals surface area contributed by atoms with Crippen LogP contribution in [-0.4, -0.2) is 11.8 Å². The first kappa shape index (κ1) is 14.5. The summed E-state index contributed by atoms with van der Waals surface area (Å²) >= 11 is 0. The third kappa shape index (κ3) is 5.52. The molecule has 0 atom stereocenters. The highest BCUT2D eigenvalue weighted by atomic mass is 16.5. The highest BCUT2D eigenvalue weighted by Crippen LogP contribution is 2.15. The van der Waals surface area contributed by atoms with Crippen LogP contribution in [0.4, 0.5) is 5.69 Å². The van der Waals surface area contributed by atoms with Gasteiger partial charge in [0, 0.05) is 10.6 Å². The van der Waals surface area contributed by atoms with Gasteiger partial charge in [-0.05, 0) is 31.0 Å². The van der Waals surface area contributed by atoms with E-state index < -0.39 is 5.97 Å². The standard InChI is InChI=1S/C13H13N3O3/c1-9(17)7-13(18)19-10(2)8-11-3-5-12(6-4-11)15-16-14/h3-6,8H,7H2,1-2H3/b10-8+. The summed E-state index contributed by atoms with van der Waals surface area (Å²) in [6.45, 7) is 2.95. The van der Waals surface area contributed by atoms with Crippen molar-refractivity contribution in [1.82, 2.24) is 0 Å². The van der Waals surface area contributed by atoms with Gasteiger partial charge in [0.25, 0.3) is 0 Å². The van der Waals surface area contributed by atoms with Crippen LogP contribution in [0.1, 0.15) is 25.8 Å². The third-order valence-corrected chi connectivity index (χ3v) is 2.09. The molecule has 0 aliphatic heterocycles. The van der Waals surface area contributed by atoms with Gasteiger partial charge in [-0.3, -0.25) is 9.59 Å². The summed E-state index contributed by atoms with van der Waals surface area (Å²) < 4.78 is 4.96. The topological polar surface area (TPSA) is 92.1 Å². The van der Waals surface area contributed by atoms with Gasteiger partial charge < -0.3 is 4.74 Å². The molecule has 6 heteroatoms. The summed E-state index contributed by atoms with van der Waals surface area (Å²) in [5.74, 6) is -0.425. The molecule has 0 radical (unpaired) electrons. The molecule has 0 aromatic heterocycles. The number of ketones is 1. The molecule has 0 aliphatic rings. The Balaban J connectivity index is 2.70. The van der Waals surface area contributed by atoms with Crippen molar-refractivity contribution >= 4 is 23.5 Å². The van der Waals surface area contributed by atoms with Gasteiger partial charge in [0.2, 0.25) is 0 Å². The lowest BCUT2D eigenvalue weighted by atomic mass is 10.2. The van der Waals surface area contributed by atoms with Crippen LogP contribution in [0.25, 0.3) is 16.5 Å². The number of hydrogen-bond donors (Lipinski definition) is 0. The molecular formula is C13H13N3O3. The zero-order valence-corrected chi connectivity index (χ0v) is 10.7. The molecule has 0 unspecified atom stereocenters. The predicted octanol–water partition coefficient (Wildman–Crippen LogP) is 3.51. The van der Waals surface area contributed by atoms with Crippen LogP contribution in [0.5, 0.6) is 0 Å². The van der Waals surface area contributed by atoms with E-state index in [0.29, 0.717) is 11.4 Å². The number of carbonyl (C=O) groups excluding carboxylic acids is 2. The van der Waals surface area contributed by atoms with Crippen molar-refractivity contribution in [2.45, 2.75) is 20.3 Å². The minimum atomic E-state index is -0.577. The molecule has 0 spiro atoms. The van der Waals surface area contributed by atoms with Gasteiger partial charge in [0.05, 0.1) is 0 Å². The van der Waals surface area contributed by atoms with Gasteiger partial charge in [-0.2, -0.15) is 0 Å². The smallest absolute Gasteiger partial charge is 0.318 e. The molecular weight excluding hydrogens is 246 g/mol. The number of azide groups is 1. The van der Waals surface area contributed by atoms with Crippen LogP contribution < -0.4 is 0 Å². The number of allylic oxidation sites excluding steroid dienone is 1. The van der Waals surface area contributed by atoms with E-state index in [1.165, 1.54) is 6.92 Å². The van der Waals surface area contributed by atoms with E-state index in [1.807, 2.05) is 0 Å². The molecule has 0 amide bonds. The lowest BCUT2D eigenvalue weighted by Crippen LogP contribution is -2.07. The fraction of sp³-hybridized carbons (Fsp3) is 0.231. The van der Waals surface area contributed by atoms with Crippen LogP contribution in [0.15, 0.2) is 35.1 Å². The van der Waals surface area contributed by atoms with E-state index in [-0.39, 0.29) is 12.2 Å². The summed E-state index contributed by atoms with van der Waals surface area (Å²) in [5, 5.41) is 3.45. The highest BCUT2D eigenvalue weighted by molar-refractivity contribution is 5.94. The minimum absolute atomic E-state index is 0.235. The summed E-state index contributed by atoms with van der Waals surface area (Å²) in [5.41, 5.74) is 9.57. The fourth-order valence-electron chi connectivity index (χ4n) is 1.37. The molecule has 19 heavy (non-hydrogen) atoms. The number of benzene rings is 1. The van der Waals surface area contributed by atoms with Crippen molar-refractivity contribution in [3.8, 4) is 0 Å². The molecule has 6 nitrogen and oxygen atoms in total. The molecule has 1 aromatic carbocycles. The van der Waals surface area contributed by atoms with Gasteiger partial charge in [-0.1, -0.05) is 29.4 Å². The third-order valence-electron chi connectivity index (χ3n) is 2.09. The molecule has 0 N–H and O–H groups in total. The summed E-state index contributed by atoms with van der Waals surface area (Å²) in [6.07, 6.45) is 1.42. The molecule has 0 saturated heterocycles. The minimum Gasteiger partial charge on any atom is -0.431 e. The molecule has 1 rings (SSSR count). The monoisotopic (exact) mass is 259 g/mol. The lowest BCUT2D eigenvalue weighted by Gasteiger charge is -2.03. The Morgan fingerprint density at radius 2 is 1.95 bits per heavy atom. The van der Waals surface area contributed by atoms with Crippen molar-refractivity contribution in [2.75, 3.05) is 0 Å². The average Bonchev–Trinajstić information content (AvgIpc) is 2.30. The van der Waals surface area contributed by atoms with Crippen molar-refractivity contribution in [3.05, 3.63) is 46.0 Å². The summed E-state index contributed by atoms with van der Waals surface area (Å²) in [6, 6.07) is 6.76. The molecule has 98 valence electrons. The summed E-state index contributed by atoms with van der Waals surface area (Å²) in [4.78, 5) is 24.7. The first-order valence-electron chi connectivity index (χ1n) is 5.55. The number of rotatable bonds is 5.